The number of carbonyl (C=O) groups excluding carboxylic acids is 2. The van der Waals surface area contributed by atoms with Crippen LogP contribution in [-0.4, -0.2) is 36.5 Å². The van der Waals surface area contributed by atoms with E-state index < -0.39 is 17.9 Å². The summed E-state index contributed by atoms with van der Waals surface area (Å²) in [6.07, 6.45) is 0. The Morgan fingerprint density at radius 3 is 2.72 bits per heavy atom. The number of amides is 1. The quantitative estimate of drug-likeness (QED) is 0.637. The van der Waals surface area contributed by atoms with Crippen molar-refractivity contribution < 1.29 is 14.3 Å². The highest BCUT2D eigenvalue weighted by molar-refractivity contribution is 7.10. The molecule has 0 spiro atoms. The zero-order chi connectivity index (χ0) is 13.7. The maximum Gasteiger partial charge on any atom is 0.332 e. The van der Waals surface area contributed by atoms with E-state index in [0.29, 0.717) is 6.54 Å². The monoisotopic (exact) mass is 270 g/mol. The molecular formula is C12H18N2O3S. The zero-order valence-corrected chi connectivity index (χ0v) is 11.6. The van der Waals surface area contributed by atoms with Gasteiger partial charge in [0.1, 0.15) is 0 Å². The topological polar surface area (TPSA) is 72.6 Å². The van der Waals surface area contributed by atoms with Crippen LogP contribution in [-0.2, 0) is 20.9 Å². The van der Waals surface area contributed by atoms with Gasteiger partial charge in [0.15, 0.2) is 6.04 Å². The van der Waals surface area contributed by atoms with Crippen LogP contribution >= 0.6 is 11.3 Å². The first-order valence-corrected chi connectivity index (χ1v) is 6.55. The van der Waals surface area contributed by atoms with E-state index in [1.807, 2.05) is 18.4 Å². The second kappa shape index (κ2) is 6.51. The van der Waals surface area contributed by atoms with Gasteiger partial charge in [-0.3, -0.25) is 4.79 Å². The summed E-state index contributed by atoms with van der Waals surface area (Å²) in [5.74, 6) is -1.11. The molecular weight excluding hydrogens is 252 g/mol. The number of nitrogens with zero attached hydrogens (tertiary/aromatic N) is 1. The molecule has 1 amide bonds. The molecule has 0 saturated heterocycles. The average molecular weight is 270 g/mol. The Balaban J connectivity index is 2.61. The number of thiophene rings is 1. The lowest BCUT2D eigenvalue weighted by molar-refractivity contribution is -0.150. The summed E-state index contributed by atoms with van der Waals surface area (Å²) in [5, 5.41) is 1.97. The molecule has 0 aliphatic rings. The lowest BCUT2D eigenvalue weighted by Crippen LogP contribution is -2.47. The van der Waals surface area contributed by atoms with E-state index in [1.54, 1.807) is 25.3 Å². The molecule has 18 heavy (non-hydrogen) atoms. The molecule has 1 aromatic heterocycles. The normalized spacial score (nSPS) is 12.0. The average Bonchev–Trinajstić information content (AvgIpc) is 2.73. The van der Waals surface area contributed by atoms with E-state index in [9.17, 15) is 9.59 Å². The van der Waals surface area contributed by atoms with E-state index in [4.69, 9.17) is 10.5 Å². The second-order valence-electron chi connectivity index (χ2n) is 3.95. The highest BCUT2D eigenvalue weighted by Crippen LogP contribution is 2.17. The van der Waals surface area contributed by atoms with Gasteiger partial charge in [-0.15, -0.1) is 11.3 Å². The third kappa shape index (κ3) is 3.54. The van der Waals surface area contributed by atoms with Crippen LogP contribution in [0.2, 0.25) is 0 Å². The molecule has 0 aliphatic carbocycles. The number of rotatable bonds is 5. The summed E-state index contributed by atoms with van der Waals surface area (Å²) in [6, 6.07) is 0.749. The number of likely N-dealkylation sites (N-methyl/N-ethyl adjacent to an activating group) is 1. The van der Waals surface area contributed by atoms with Crippen molar-refractivity contribution in [3.8, 4) is 0 Å². The molecule has 6 heteroatoms. The molecule has 5 nitrogen and oxygen atoms in total. The van der Waals surface area contributed by atoms with Crippen LogP contribution in [0.5, 0.6) is 0 Å². The SMILES string of the molecule is CCOC(=O)C(N)C(=O)N(C)Cc1sccc1C. The first-order valence-electron chi connectivity index (χ1n) is 5.67. The van der Waals surface area contributed by atoms with Crippen molar-refractivity contribution in [1.82, 2.24) is 4.90 Å². The molecule has 2 N–H and O–H groups in total. The Morgan fingerprint density at radius 1 is 1.56 bits per heavy atom. The van der Waals surface area contributed by atoms with E-state index in [-0.39, 0.29) is 6.61 Å². The van der Waals surface area contributed by atoms with E-state index in [1.165, 1.54) is 4.90 Å². The largest absolute Gasteiger partial charge is 0.464 e. The molecule has 1 rings (SSSR count). The molecule has 0 aliphatic heterocycles. The smallest absolute Gasteiger partial charge is 0.332 e. The Hall–Kier alpha value is -1.40. The second-order valence-corrected chi connectivity index (χ2v) is 4.95. The minimum atomic E-state index is -1.24. The van der Waals surface area contributed by atoms with E-state index >= 15 is 0 Å². The number of ether oxygens (including phenoxy) is 1. The summed E-state index contributed by atoms with van der Waals surface area (Å²) >= 11 is 1.57. The van der Waals surface area contributed by atoms with Crippen molar-refractivity contribution >= 4 is 23.2 Å². The van der Waals surface area contributed by atoms with Gasteiger partial charge in [0.25, 0.3) is 5.91 Å². The molecule has 100 valence electrons. The molecule has 0 saturated carbocycles. The lowest BCUT2D eigenvalue weighted by Gasteiger charge is -2.20. The summed E-state index contributed by atoms with van der Waals surface area (Å²) in [6.45, 7) is 4.33. The van der Waals surface area contributed by atoms with Gasteiger partial charge < -0.3 is 15.4 Å². The number of hydrogen-bond acceptors (Lipinski definition) is 5. The first-order chi connectivity index (χ1) is 8.47. The summed E-state index contributed by atoms with van der Waals surface area (Å²) in [4.78, 5) is 25.8. The molecule has 1 heterocycles. The fourth-order valence-corrected chi connectivity index (χ4v) is 2.39. The molecule has 1 unspecified atom stereocenters. The predicted molar refractivity (Wildman–Crippen MR) is 70.1 cm³/mol. The molecule has 0 fully saturated rings. The van der Waals surface area contributed by atoms with Crippen molar-refractivity contribution in [1.29, 1.82) is 0 Å². The summed E-state index contributed by atoms with van der Waals surface area (Å²) in [5.41, 5.74) is 6.68. The lowest BCUT2D eigenvalue weighted by atomic mass is 10.2. The van der Waals surface area contributed by atoms with Gasteiger partial charge in [-0.25, -0.2) is 4.79 Å². The van der Waals surface area contributed by atoms with Crippen molar-refractivity contribution in [3.05, 3.63) is 21.9 Å². The van der Waals surface area contributed by atoms with Crippen molar-refractivity contribution in [3.63, 3.8) is 0 Å². The van der Waals surface area contributed by atoms with Crippen LogP contribution in [0.25, 0.3) is 0 Å². The Kier molecular flexibility index (Phi) is 5.30. The van der Waals surface area contributed by atoms with Crippen LogP contribution in [0, 0.1) is 6.92 Å². The number of aryl methyl sites for hydroxylation is 1. The highest BCUT2D eigenvalue weighted by atomic mass is 32.1. The molecule has 1 atom stereocenters. The van der Waals surface area contributed by atoms with Gasteiger partial charge in [-0.2, -0.15) is 0 Å². The van der Waals surface area contributed by atoms with Gasteiger partial charge in [0.05, 0.1) is 13.2 Å². The highest BCUT2D eigenvalue weighted by Gasteiger charge is 2.26. The molecule has 0 aromatic carbocycles. The van der Waals surface area contributed by atoms with Crippen LogP contribution in [0.15, 0.2) is 11.4 Å². The fraction of sp³-hybridized carbons (Fsp3) is 0.500. The minimum absolute atomic E-state index is 0.216. The zero-order valence-electron chi connectivity index (χ0n) is 10.8. The summed E-state index contributed by atoms with van der Waals surface area (Å²) in [7, 11) is 1.63. The predicted octanol–water partition coefficient (Wildman–Crippen LogP) is 0.905. The van der Waals surface area contributed by atoms with Gasteiger partial charge in [-0.1, -0.05) is 0 Å². The van der Waals surface area contributed by atoms with Gasteiger partial charge in [0, 0.05) is 11.9 Å². The van der Waals surface area contributed by atoms with Crippen molar-refractivity contribution in [2.24, 2.45) is 5.73 Å². The van der Waals surface area contributed by atoms with Gasteiger partial charge >= 0.3 is 5.97 Å². The number of hydrogen-bond donors (Lipinski definition) is 1. The summed E-state index contributed by atoms with van der Waals surface area (Å²) < 4.78 is 4.73. The molecule has 0 radical (unpaired) electrons. The van der Waals surface area contributed by atoms with Crippen molar-refractivity contribution in [2.45, 2.75) is 26.4 Å². The van der Waals surface area contributed by atoms with Gasteiger partial charge in [-0.05, 0) is 30.9 Å². The molecule has 1 aromatic rings. The number of nitrogens with two attached hydrogens (primary N) is 1. The van der Waals surface area contributed by atoms with Crippen LogP contribution in [0.1, 0.15) is 17.4 Å². The van der Waals surface area contributed by atoms with Crippen LogP contribution in [0.4, 0.5) is 0 Å². The fourth-order valence-electron chi connectivity index (χ4n) is 1.43. The third-order valence-corrected chi connectivity index (χ3v) is 3.54. The third-order valence-electron chi connectivity index (χ3n) is 2.53. The Bertz CT molecular complexity index is 431. The Labute approximate surface area is 111 Å². The van der Waals surface area contributed by atoms with Crippen LogP contribution in [0.3, 0.4) is 0 Å². The van der Waals surface area contributed by atoms with E-state index in [2.05, 4.69) is 0 Å². The van der Waals surface area contributed by atoms with Gasteiger partial charge in [0.2, 0.25) is 0 Å². The standard InChI is InChI=1S/C12H18N2O3S/c1-4-17-12(16)10(13)11(15)14(3)7-9-8(2)5-6-18-9/h5-6,10H,4,7,13H2,1-3H3. The molecule has 0 bridgehead atoms. The van der Waals surface area contributed by atoms with Crippen LogP contribution < -0.4 is 5.73 Å². The van der Waals surface area contributed by atoms with Crippen molar-refractivity contribution in [2.75, 3.05) is 13.7 Å². The first kappa shape index (κ1) is 14.7. The maximum atomic E-state index is 11.9. The Morgan fingerprint density at radius 2 is 2.22 bits per heavy atom. The minimum Gasteiger partial charge on any atom is -0.464 e. The number of carbonyl (C=O) groups is 2. The van der Waals surface area contributed by atoms with E-state index in [0.717, 1.165) is 10.4 Å². The maximum absolute atomic E-state index is 11.9. The number of esters is 1.